The van der Waals surface area contributed by atoms with Crippen LogP contribution in [0.25, 0.3) is 0 Å². The molecule has 4 bridgehead atoms. The predicted octanol–water partition coefficient (Wildman–Crippen LogP) is 1.01. The van der Waals surface area contributed by atoms with Gasteiger partial charge in [-0.3, -0.25) is 9.59 Å². The molecule has 2 amide bonds. The molecule has 0 aromatic heterocycles. The number of likely N-dealkylation sites (tertiary alicyclic amines) is 1. The normalized spacial score (nSPS) is 44.4. The Morgan fingerprint density at radius 3 is 2.24 bits per heavy atom. The molecule has 1 heterocycles. The monoisotopic (exact) mass is 292 g/mol. The van der Waals surface area contributed by atoms with Crippen molar-refractivity contribution in [3.05, 3.63) is 0 Å². The molecule has 1 saturated heterocycles. The minimum absolute atomic E-state index is 0.0143. The van der Waals surface area contributed by atoms with Crippen LogP contribution in [0, 0.1) is 17.8 Å². The molecule has 1 atom stereocenters. The average molecular weight is 292 g/mol. The van der Waals surface area contributed by atoms with Crippen molar-refractivity contribution in [2.45, 2.75) is 63.1 Å². The summed E-state index contributed by atoms with van der Waals surface area (Å²) in [5, 5.41) is 13.0. The summed E-state index contributed by atoms with van der Waals surface area (Å²) in [5.41, 5.74) is -0.0143. The molecule has 0 aromatic carbocycles. The first kappa shape index (κ1) is 13.6. The molecule has 5 aliphatic rings. The zero-order chi connectivity index (χ0) is 14.6. The molecular weight excluding hydrogens is 268 g/mol. The van der Waals surface area contributed by atoms with Gasteiger partial charge in [-0.15, -0.1) is 0 Å². The van der Waals surface area contributed by atoms with Crippen molar-refractivity contribution in [1.29, 1.82) is 0 Å². The molecular formula is C16H24N2O3. The van der Waals surface area contributed by atoms with E-state index in [1.807, 2.05) is 0 Å². The molecule has 0 spiro atoms. The molecule has 116 valence electrons. The smallest absolute Gasteiger partial charge is 0.240 e. The highest BCUT2D eigenvalue weighted by molar-refractivity contribution is 5.86. The van der Waals surface area contributed by atoms with Gasteiger partial charge in [0.15, 0.2) is 0 Å². The van der Waals surface area contributed by atoms with Crippen LogP contribution >= 0.6 is 0 Å². The largest absolute Gasteiger partial charge is 0.373 e. The van der Waals surface area contributed by atoms with Crippen molar-refractivity contribution in [2.24, 2.45) is 17.8 Å². The number of amides is 2. The molecule has 2 N–H and O–H groups in total. The zero-order valence-corrected chi connectivity index (χ0v) is 12.4. The fraction of sp³-hybridized carbons (Fsp3) is 0.875. The minimum Gasteiger partial charge on any atom is -0.373 e. The second kappa shape index (κ2) is 4.70. The third kappa shape index (κ3) is 2.35. The van der Waals surface area contributed by atoms with E-state index in [2.05, 4.69) is 5.32 Å². The van der Waals surface area contributed by atoms with Gasteiger partial charge in [-0.25, -0.2) is 0 Å². The van der Waals surface area contributed by atoms with Crippen LogP contribution in [0.4, 0.5) is 0 Å². The maximum atomic E-state index is 12.4. The second-order valence-corrected chi connectivity index (χ2v) is 7.79. The fourth-order valence-electron chi connectivity index (χ4n) is 5.67. The molecule has 21 heavy (non-hydrogen) atoms. The van der Waals surface area contributed by atoms with E-state index in [0.717, 1.165) is 37.0 Å². The van der Waals surface area contributed by atoms with Crippen molar-refractivity contribution < 1.29 is 14.7 Å². The molecule has 5 rings (SSSR count). The lowest BCUT2D eigenvalue weighted by molar-refractivity contribution is -0.141. The highest BCUT2D eigenvalue weighted by atomic mass is 16.3. The third-order valence-corrected chi connectivity index (χ3v) is 6.05. The van der Waals surface area contributed by atoms with Crippen molar-refractivity contribution in [3.63, 3.8) is 0 Å². The molecule has 0 radical (unpaired) electrons. The summed E-state index contributed by atoms with van der Waals surface area (Å²) in [7, 11) is 0. The number of aliphatic hydroxyl groups excluding tert-OH is 1. The third-order valence-electron chi connectivity index (χ3n) is 6.05. The number of hydrogen-bond acceptors (Lipinski definition) is 3. The van der Waals surface area contributed by atoms with E-state index in [4.69, 9.17) is 0 Å². The van der Waals surface area contributed by atoms with Crippen LogP contribution in [0.2, 0.25) is 0 Å². The van der Waals surface area contributed by atoms with Crippen LogP contribution in [-0.4, -0.2) is 40.1 Å². The summed E-state index contributed by atoms with van der Waals surface area (Å²) in [5.74, 6) is 2.16. The number of hydrogen-bond donors (Lipinski definition) is 2. The van der Waals surface area contributed by atoms with E-state index in [0.29, 0.717) is 12.8 Å². The van der Waals surface area contributed by atoms with E-state index >= 15 is 0 Å². The van der Waals surface area contributed by atoms with Crippen molar-refractivity contribution in [3.8, 4) is 0 Å². The molecule has 4 saturated carbocycles. The van der Waals surface area contributed by atoms with E-state index < -0.39 is 6.23 Å². The second-order valence-electron chi connectivity index (χ2n) is 7.79. The van der Waals surface area contributed by atoms with Gasteiger partial charge >= 0.3 is 0 Å². The van der Waals surface area contributed by atoms with E-state index in [-0.39, 0.29) is 23.9 Å². The van der Waals surface area contributed by atoms with Gasteiger partial charge in [-0.1, -0.05) is 0 Å². The van der Waals surface area contributed by atoms with Gasteiger partial charge in [0, 0.05) is 18.4 Å². The van der Waals surface area contributed by atoms with E-state index in [1.165, 1.54) is 24.2 Å². The summed E-state index contributed by atoms with van der Waals surface area (Å²) in [6.07, 6.45) is 7.40. The van der Waals surface area contributed by atoms with Gasteiger partial charge in [0.05, 0.1) is 0 Å². The highest BCUT2D eigenvalue weighted by Gasteiger charge is 2.51. The van der Waals surface area contributed by atoms with Crippen LogP contribution in [0.1, 0.15) is 51.4 Å². The first-order valence-corrected chi connectivity index (χ1v) is 8.31. The Kier molecular flexibility index (Phi) is 3.03. The molecule has 1 aliphatic heterocycles. The number of aliphatic hydroxyl groups is 1. The van der Waals surface area contributed by atoms with Gasteiger partial charge in [0.25, 0.3) is 0 Å². The van der Waals surface area contributed by atoms with Crippen LogP contribution in [0.3, 0.4) is 0 Å². The summed E-state index contributed by atoms with van der Waals surface area (Å²) in [6, 6.07) is 0. The molecule has 1 unspecified atom stereocenters. The van der Waals surface area contributed by atoms with Crippen LogP contribution in [-0.2, 0) is 9.59 Å². The highest BCUT2D eigenvalue weighted by Crippen LogP contribution is 2.55. The van der Waals surface area contributed by atoms with Gasteiger partial charge in [0.1, 0.15) is 12.8 Å². The Morgan fingerprint density at radius 1 is 1.19 bits per heavy atom. The van der Waals surface area contributed by atoms with Crippen LogP contribution < -0.4 is 5.32 Å². The van der Waals surface area contributed by atoms with E-state index in [9.17, 15) is 14.7 Å². The first-order chi connectivity index (χ1) is 10.0. The van der Waals surface area contributed by atoms with Crippen LogP contribution in [0.15, 0.2) is 0 Å². The number of carbonyl (C=O) groups is 2. The van der Waals surface area contributed by atoms with Gasteiger partial charge < -0.3 is 15.3 Å². The fourth-order valence-corrected chi connectivity index (χ4v) is 5.67. The van der Waals surface area contributed by atoms with Gasteiger partial charge in [-0.05, 0) is 56.3 Å². The standard InChI is InChI=1S/C16H24N2O3/c19-13(9-18-14(20)1-2-15(18)21)17-16-6-10-3-11(7-16)5-12(4-10)8-16/h10-12,14,20H,1-9H2,(H,17,19). The summed E-state index contributed by atoms with van der Waals surface area (Å²) in [4.78, 5) is 25.3. The lowest BCUT2D eigenvalue weighted by Crippen LogP contribution is -2.61. The Morgan fingerprint density at radius 2 is 1.76 bits per heavy atom. The number of carbonyl (C=O) groups excluding carboxylic acids is 2. The lowest BCUT2D eigenvalue weighted by atomic mass is 9.53. The Labute approximate surface area is 125 Å². The molecule has 5 heteroatoms. The Hall–Kier alpha value is -1.10. The van der Waals surface area contributed by atoms with Crippen LogP contribution in [0.5, 0.6) is 0 Å². The molecule has 4 aliphatic carbocycles. The number of rotatable bonds is 3. The van der Waals surface area contributed by atoms with Crippen molar-refractivity contribution in [1.82, 2.24) is 10.2 Å². The SMILES string of the molecule is O=C(CN1C(=O)CCC1O)NC12CC3CC(CC(C3)C1)C2. The first-order valence-electron chi connectivity index (χ1n) is 8.31. The maximum Gasteiger partial charge on any atom is 0.240 e. The summed E-state index contributed by atoms with van der Waals surface area (Å²) in [6.45, 7) is 0.0156. The quantitative estimate of drug-likeness (QED) is 0.815. The van der Waals surface area contributed by atoms with Crippen molar-refractivity contribution >= 4 is 11.8 Å². The van der Waals surface area contributed by atoms with E-state index in [1.54, 1.807) is 0 Å². The van der Waals surface area contributed by atoms with Gasteiger partial charge in [-0.2, -0.15) is 0 Å². The minimum atomic E-state index is -0.778. The number of nitrogens with zero attached hydrogens (tertiary/aromatic N) is 1. The maximum absolute atomic E-state index is 12.4. The Balaban J connectivity index is 1.41. The molecule has 0 aromatic rings. The molecule has 5 fully saturated rings. The van der Waals surface area contributed by atoms with Crippen molar-refractivity contribution in [2.75, 3.05) is 6.54 Å². The van der Waals surface area contributed by atoms with Gasteiger partial charge in [0.2, 0.25) is 11.8 Å². The average Bonchev–Trinajstić information content (AvgIpc) is 2.68. The lowest BCUT2D eigenvalue weighted by Gasteiger charge is -2.57. The zero-order valence-electron chi connectivity index (χ0n) is 12.4. The summed E-state index contributed by atoms with van der Waals surface area (Å²) >= 11 is 0. The topological polar surface area (TPSA) is 69.6 Å². The molecule has 5 nitrogen and oxygen atoms in total. The predicted molar refractivity (Wildman–Crippen MR) is 76.0 cm³/mol. The number of nitrogens with one attached hydrogen (secondary N) is 1. The summed E-state index contributed by atoms with van der Waals surface area (Å²) < 4.78 is 0. The Bertz CT molecular complexity index is 441.